The van der Waals surface area contributed by atoms with E-state index in [4.69, 9.17) is 4.74 Å². The molecule has 1 amide bonds. The Hall–Kier alpha value is -2.67. The Morgan fingerprint density at radius 3 is 2.41 bits per heavy atom. The molecule has 0 bridgehead atoms. The van der Waals surface area contributed by atoms with Crippen LogP contribution in [0.5, 0.6) is 0 Å². The van der Waals surface area contributed by atoms with Gasteiger partial charge in [0.25, 0.3) is 5.91 Å². The summed E-state index contributed by atoms with van der Waals surface area (Å²) >= 11 is 0. The third-order valence-electron chi connectivity index (χ3n) is 6.45. The Kier molecular flexibility index (Phi) is 5.41. The molecule has 29 heavy (non-hydrogen) atoms. The highest BCUT2D eigenvalue weighted by Gasteiger charge is 2.44. The van der Waals surface area contributed by atoms with E-state index in [1.165, 1.54) is 0 Å². The summed E-state index contributed by atoms with van der Waals surface area (Å²) in [6.07, 6.45) is 4.27. The molecule has 1 aromatic carbocycles. The Morgan fingerprint density at radius 2 is 1.79 bits per heavy atom. The molecule has 1 N–H and O–H groups in total. The Morgan fingerprint density at radius 1 is 1.14 bits per heavy atom. The molecule has 2 aliphatic heterocycles. The summed E-state index contributed by atoms with van der Waals surface area (Å²) in [7, 11) is 0. The van der Waals surface area contributed by atoms with Crippen LogP contribution in [0.2, 0.25) is 0 Å². The van der Waals surface area contributed by atoms with Crippen molar-refractivity contribution < 1.29 is 19.4 Å². The zero-order valence-corrected chi connectivity index (χ0v) is 16.7. The lowest BCUT2D eigenvalue weighted by Gasteiger charge is -2.39. The van der Waals surface area contributed by atoms with E-state index >= 15 is 0 Å². The van der Waals surface area contributed by atoms with Gasteiger partial charge in [-0.3, -0.25) is 14.3 Å². The van der Waals surface area contributed by atoms with Gasteiger partial charge in [0, 0.05) is 32.0 Å². The minimum atomic E-state index is -0.931. The predicted molar refractivity (Wildman–Crippen MR) is 107 cm³/mol. The number of carboxylic acid groups (broad SMARTS) is 1. The van der Waals surface area contributed by atoms with Gasteiger partial charge in [0.15, 0.2) is 0 Å². The number of nitrogens with zero attached hydrogens (tertiary/aromatic N) is 3. The summed E-state index contributed by atoms with van der Waals surface area (Å²) in [5, 5.41) is 14.4. The number of hydrogen-bond donors (Lipinski definition) is 1. The summed E-state index contributed by atoms with van der Waals surface area (Å²) < 4.78 is 7.37. The Labute approximate surface area is 170 Å². The van der Waals surface area contributed by atoms with Gasteiger partial charge in [0.1, 0.15) is 0 Å². The van der Waals surface area contributed by atoms with E-state index in [-0.39, 0.29) is 11.9 Å². The number of carbonyl (C=O) groups excluding carboxylic acids is 1. The first-order chi connectivity index (χ1) is 14.0. The molecule has 2 aromatic rings. The number of likely N-dealkylation sites (tertiary alicyclic amines) is 1. The van der Waals surface area contributed by atoms with Gasteiger partial charge in [-0.15, -0.1) is 0 Å². The van der Waals surface area contributed by atoms with Gasteiger partial charge < -0.3 is 14.7 Å². The third-order valence-corrected chi connectivity index (χ3v) is 6.45. The van der Waals surface area contributed by atoms with E-state index in [0.717, 1.165) is 37.3 Å². The first-order valence-corrected chi connectivity index (χ1v) is 10.2. The normalized spacial score (nSPS) is 19.8. The molecule has 2 aliphatic rings. The zero-order valence-electron chi connectivity index (χ0n) is 16.7. The van der Waals surface area contributed by atoms with Crippen LogP contribution in [0.1, 0.15) is 53.3 Å². The molecule has 0 radical (unpaired) electrons. The molecular formula is C22H27N3O4. The molecule has 4 rings (SSSR count). The maximum Gasteiger partial charge on any atom is 0.314 e. The lowest BCUT2D eigenvalue weighted by Crippen LogP contribution is -2.49. The quantitative estimate of drug-likeness (QED) is 0.858. The van der Waals surface area contributed by atoms with Crippen LogP contribution in [0, 0.1) is 6.92 Å². The van der Waals surface area contributed by atoms with Crippen molar-refractivity contribution in [1.29, 1.82) is 0 Å². The van der Waals surface area contributed by atoms with Gasteiger partial charge in [-0.25, -0.2) is 0 Å². The van der Waals surface area contributed by atoms with Crippen molar-refractivity contribution >= 4 is 11.9 Å². The molecule has 0 saturated carbocycles. The summed E-state index contributed by atoms with van der Waals surface area (Å²) in [6, 6.07) is 9.62. The number of aliphatic carboxylic acids is 1. The number of hydrogen-bond acceptors (Lipinski definition) is 4. The second-order valence-electron chi connectivity index (χ2n) is 7.98. The molecule has 2 fully saturated rings. The summed E-state index contributed by atoms with van der Waals surface area (Å²) in [5.74, 6) is -0.882. The zero-order chi connectivity index (χ0) is 20.4. The average molecular weight is 397 g/mol. The number of aromatic nitrogens is 2. The molecule has 0 aliphatic carbocycles. The summed E-state index contributed by atoms with van der Waals surface area (Å²) in [6.45, 7) is 4.21. The Balaban J connectivity index is 1.49. The number of rotatable bonds is 4. The monoisotopic (exact) mass is 397 g/mol. The fourth-order valence-corrected chi connectivity index (χ4v) is 4.58. The van der Waals surface area contributed by atoms with Gasteiger partial charge in [-0.1, -0.05) is 30.3 Å². The maximum absolute atomic E-state index is 13.1. The number of ether oxygens (including phenoxy) is 1. The van der Waals surface area contributed by atoms with E-state index < -0.39 is 11.4 Å². The number of piperidine rings is 1. The molecule has 1 aromatic heterocycles. The van der Waals surface area contributed by atoms with Crippen molar-refractivity contribution in [2.24, 2.45) is 0 Å². The van der Waals surface area contributed by atoms with Crippen molar-refractivity contribution in [2.75, 3.05) is 26.3 Å². The van der Waals surface area contributed by atoms with E-state index in [1.54, 1.807) is 11.1 Å². The molecule has 154 valence electrons. The molecule has 2 saturated heterocycles. The van der Waals surface area contributed by atoms with Crippen LogP contribution in [-0.2, 0) is 14.9 Å². The minimum absolute atomic E-state index is 0.0622. The van der Waals surface area contributed by atoms with E-state index in [0.29, 0.717) is 31.5 Å². The third kappa shape index (κ3) is 3.55. The van der Waals surface area contributed by atoms with Gasteiger partial charge in [-0.2, -0.15) is 5.10 Å². The van der Waals surface area contributed by atoms with Crippen LogP contribution in [0.4, 0.5) is 0 Å². The van der Waals surface area contributed by atoms with E-state index in [2.05, 4.69) is 5.10 Å². The number of carbonyl (C=O) groups is 2. The molecule has 7 heteroatoms. The number of benzene rings is 1. The average Bonchev–Trinajstić information content (AvgIpc) is 3.15. The second-order valence-corrected chi connectivity index (χ2v) is 7.98. The number of carboxylic acids is 1. The predicted octanol–water partition coefficient (Wildman–Crippen LogP) is 2.80. The molecular weight excluding hydrogens is 370 g/mol. The number of amides is 1. The van der Waals surface area contributed by atoms with Crippen LogP contribution in [0.15, 0.2) is 36.5 Å². The Bertz CT molecular complexity index is 879. The van der Waals surface area contributed by atoms with Crippen molar-refractivity contribution in [2.45, 2.75) is 44.1 Å². The SMILES string of the molecule is Cc1c(C(=O)N2CCC(C(=O)O)(c3ccccc3)CC2)cnn1C1CCOCC1. The molecule has 7 nitrogen and oxygen atoms in total. The molecule has 0 atom stereocenters. The van der Waals surface area contributed by atoms with Gasteiger partial charge in [0.2, 0.25) is 0 Å². The van der Waals surface area contributed by atoms with Gasteiger partial charge in [-0.05, 0) is 38.2 Å². The fourth-order valence-electron chi connectivity index (χ4n) is 4.58. The van der Waals surface area contributed by atoms with Crippen molar-refractivity contribution in [3.05, 3.63) is 53.3 Å². The first kappa shape index (κ1) is 19.6. The highest BCUT2D eigenvalue weighted by Crippen LogP contribution is 2.36. The highest BCUT2D eigenvalue weighted by atomic mass is 16.5. The first-order valence-electron chi connectivity index (χ1n) is 10.2. The van der Waals surface area contributed by atoms with Crippen LogP contribution >= 0.6 is 0 Å². The lowest BCUT2D eigenvalue weighted by atomic mass is 9.73. The largest absolute Gasteiger partial charge is 0.481 e. The standard InChI is InChI=1S/C22H27N3O4/c1-16-19(15-23-25(16)18-7-13-29-14-8-18)20(26)24-11-9-22(10-12-24,21(27)28)17-5-3-2-4-6-17/h2-6,15,18H,7-14H2,1H3,(H,27,28). The fraction of sp³-hybridized carbons (Fsp3) is 0.500. The topological polar surface area (TPSA) is 84.7 Å². The van der Waals surface area contributed by atoms with E-state index in [1.807, 2.05) is 41.9 Å². The van der Waals surface area contributed by atoms with Crippen LogP contribution in [0.3, 0.4) is 0 Å². The molecule has 0 unspecified atom stereocenters. The molecule has 0 spiro atoms. The lowest BCUT2D eigenvalue weighted by molar-refractivity contribution is -0.145. The highest BCUT2D eigenvalue weighted by molar-refractivity contribution is 5.95. The van der Waals surface area contributed by atoms with Crippen LogP contribution in [-0.4, -0.2) is 58.0 Å². The van der Waals surface area contributed by atoms with Gasteiger partial charge in [0.05, 0.1) is 23.2 Å². The van der Waals surface area contributed by atoms with Crippen molar-refractivity contribution in [1.82, 2.24) is 14.7 Å². The summed E-state index contributed by atoms with van der Waals surface area (Å²) in [5.41, 5.74) is 1.36. The van der Waals surface area contributed by atoms with Crippen molar-refractivity contribution in [3.63, 3.8) is 0 Å². The van der Waals surface area contributed by atoms with Crippen LogP contribution in [0.25, 0.3) is 0 Å². The molecule has 3 heterocycles. The smallest absolute Gasteiger partial charge is 0.314 e. The summed E-state index contributed by atoms with van der Waals surface area (Å²) in [4.78, 5) is 27.0. The minimum Gasteiger partial charge on any atom is -0.481 e. The van der Waals surface area contributed by atoms with Crippen LogP contribution < -0.4 is 0 Å². The van der Waals surface area contributed by atoms with Crippen molar-refractivity contribution in [3.8, 4) is 0 Å². The maximum atomic E-state index is 13.1. The van der Waals surface area contributed by atoms with E-state index in [9.17, 15) is 14.7 Å². The van der Waals surface area contributed by atoms with Gasteiger partial charge >= 0.3 is 5.97 Å². The second kappa shape index (κ2) is 7.99.